The highest BCUT2D eigenvalue weighted by Gasteiger charge is 2.26. The van der Waals surface area contributed by atoms with Gasteiger partial charge in [0, 0.05) is 23.8 Å². The van der Waals surface area contributed by atoms with Gasteiger partial charge in [-0.2, -0.15) is 0 Å². The van der Waals surface area contributed by atoms with E-state index in [1.54, 1.807) is 6.92 Å². The molecule has 1 aliphatic rings. The van der Waals surface area contributed by atoms with E-state index in [1.807, 2.05) is 24.3 Å². The molecule has 0 amide bonds. The molecule has 1 N–H and O–H groups in total. The van der Waals surface area contributed by atoms with Gasteiger partial charge in [0.2, 0.25) is 0 Å². The number of carbonyl (C=O) groups is 1. The second-order valence-corrected chi connectivity index (χ2v) is 4.58. The van der Waals surface area contributed by atoms with E-state index in [0.717, 1.165) is 24.1 Å². The van der Waals surface area contributed by atoms with Gasteiger partial charge in [-0.3, -0.25) is 4.79 Å². The molecule has 0 aliphatic heterocycles. The summed E-state index contributed by atoms with van der Waals surface area (Å²) in [5.41, 5.74) is 1.73. The Bertz CT molecular complexity index is 399. The number of Topliss-reactive ketones (excluding diaryl/α,β-unsaturated/α-hetero) is 1. The van der Waals surface area contributed by atoms with Gasteiger partial charge in [0.25, 0.3) is 0 Å². The Kier molecular flexibility index (Phi) is 3.79. The minimum Gasteiger partial charge on any atom is -0.395 e. The first-order valence-corrected chi connectivity index (χ1v) is 6.21. The van der Waals surface area contributed by atoms with Crippen LogP contribution < -0.4 is 4.90 Å². The highest BCUT2D eigenvalue weighted by molar-refractivity contribution is 5.99. The van der Waals surface area contributed by atoms with Gasteiger partial charge in [0.05, 0.1) is 6.61 Å². The van der Waals surface area contributed by atoms with Gasteiger partial charge >= 0.3 is 0 Å². The van der Waals surface area contributed by atoms with Gasteiger partial charge in [-0.25, -0.2) is 0 Å². The summed E-state index contributed by atoms with van der Waals surface area (Å²) in [6.07, 6.45) is 3.56. The number of rotatable bonds is 5. The minimum atomic E-state index is 0.0860. The fourth-order valence-electron chi connectivity index (χ4n) is 2.33. The average Bonchev–Trinajstić information content (AvgIpc) is 2.26. The quantitative estimate of drug-likeness (QED) is 0.793. The van der Waals surface area contributed by atoms with E-state index in [2.05, 4.69) is 4.90 Å². The molecule has 92 valence electrons. The van der Waals surface area contributed by atoms with Crippen molar-refractivity contribution >= 4 is 11.5 Å². The zero-order valence-electron chi connectivity index (χ0n) is 10.2. The van der Waals surface area contributed by atoms with Crippen LogP contribution in [-0.4, -0.2) is 30.1 Å². The van der Waals surface area contributed by atoms with Crippen molar-refractivity contribution in [3.63, 3.8) is 0 Å². The van der Waals surface area contributed by atoms with Crippen LogP contribution in [0.15, 0.2) is 24.3 Å². The Balaban J connectivity index is 2.30. The van der Waals surface area contributed by atoms with Crippen LogP contribution in [0.3, 0.4) is 0 Å². The minimum absolute atomic E-state index is 0.0860. The lowest BCUT2D eigenvalue weighted by Gasteiger charge is -2.39. The number of aliphatic hydroxyl groups excluding tert-OH is 1. The molecule has 0 aromatic heterocycles. The lowest BCUT2D eigenvalue weighted by atomic mass is 9.90. The van der Waals surface area contributed by atoms with Crippen molar-refractivity contribution in [1.29, 1.82) is 0 Å². The molecule has 0 unspecified atom stereocenters. The molecule has 1 aliphatic carbocycles. The third-order valence-electron chi connectivity index (χ3n) is 3.45. The number of nitrogens with zero attached hydrogens (tertiary/aromatic N) is 1. The summed E-state index contributed by atoms with van der Waals surface area (Å²) in [4.78, 5) is 13.8. The van der Waals surface area contributed by atoms with Crippen LogP contribution in [0, 0.1) is 0 Å². The molecule has 3 nitrogen and oxygen atoms in total. The topological polar surface area (TPSA) is 40.5 Å². The van der Waals surface area contributed by atoms with E-state index in [4.69, 9.17) is 5.11 Å². The second kappa shape index (κ2) is 5.32. The van der Waals surface area contributed by atoms with Gasteiger partial charge in [0.1, 0.15) is 0 Å². The SMILES string of the molecule is CC(=O)c1ccccc1N(CCO)C1CCC1. The predicted octanol–water partition coefficient (Wildman–Crippen LogP) is 2.24. The Morgan fingerprint density at radius 3 is 2.65 bits per heavy atom. The molecule has 1 aromatic carbocycles. The number of hydrogen-bond donors (Lipinski definition) is 1. The van der Waals surface area contributed by atoms with E-state index in [0.29, 0.717) is 12.6 Å². The summed E-state index contributed by atoms with van der Waals surface area (Å²) < 4.78 is 0. The molecule has 1 fully saturated rings. The summed E-state index contributed by atoms with van der Waals surface area (Å²) in [6, 6.07) is 8.16. The Morgan fingerprint density at radius 2 is 2.12 bits per heavy atom. The average molecular weight is 233 g/mol. The van der Waals surface area contributed by atoms with Crippen LogP contribution in [0.4, 0.5) is 5.69 Å². The normalized spacial score (nSPS) is 15.4. The summed E-state index contributed by atoms with van der Waals surface area (Å²) in [5, 5.41) is 9.17. The molecule has 0 atom stereocenters. The Labute approximate surface area is 102 Å². The number of benzene rings is 1. The van der Waals surface area contributed by atoms with Crippen molar-refractivity contribution in [3.8, 4) is 0 Å². The van der Waals surface area contributed by atoms with Crippen molar-refractivity contribution in [2.24, 2.45) is 0 Å². The summed E-state index contributed by atoms with van der Waals surface area (Å²) >= 11 is 0. The number of aliphatic hydroxyl groups is 1. The number of ketones is 1. The molecule has 0 heterocycles. The molecule has 0 radical (unpaired) electrons. The maximum Gasteiger partial charge on any atom is 0.161 e. The predicted molar refractivity (Wildman–Crippen MR) is 68.5 cm³/mol. The fraction of sp³-hybridized carbons (Fsp3) is 0.500. The van der Waals surface area contributed by atoms with E-state index >= 15 is 0 Å². The van der Waals surface area contributed by atoms with Crippen molar-refractivity contribution in [1.82, 2.24) is 0 Å². The third kappa shape index (κ3) is 2.50. The zero-order valence-corrected chi connectivity index (χ0v) is 10.2. The van der Waals surface area contributed by atoms with E-state index in [-0.39, 0.29) is 12.4 Å². The van der Waals surface area contributed by atoms with Crippen molar-refractivity contribution in [2.75, 3.05) is 18.1 Å². The molecule has 3 heteroatoms. The van der Waals surface area contributed by atoms with Crippen LogP contribution >= 0.6 is 0 Å². The lowest BCUT2D eigenvalue weighted by Crippen LogP contribution is -2.42. The molecule has 17 heavy (non-hydrogen) atoms. The maximum absolute atomic E-state index is 11.6. The Hall–Kier alpha value is -1.35. The molecule has 0 bridgehead atoms. The molecular formula is C14H19NO2. The second-order valence-electron chi connectivity index (χ2n) is 4.58. The van der Waals surface area contributed by atoms with Crippen molar-refractivity contribution in [3.05, 3.63) is 29.8 Å². The largest absolute Gasteiger partial charge is 0.395 e. The van der Waals surface area contributed by atoms with Crippen LogP contribution in [0.5, 0.6) is 0 Å². The zero-order chi connectivity index (χ0) is 12.3. The number of para-hydroxylation sites is 1. The molecule has 1 saturated carbocycles. The van der Waals surface area contributed by atoms with Crippen molar-refractivity contribution < 1.29 is 9.90 Å². The number of hydrogen-bond acceptors (Lipinski definition) is 3. The molecular weight excluding hydrogens is 214 g/mol. The first-order chi connectivity index (χ1) is 8.24. The molecule has 0 saturated heterocycles. The van der Waals surface area contributed by atoms with Gasteiger partial charge in [-0.15, -0.1) is 0 Å². The Morgan fingerprint density at radius 1 is 1.41 bits per heavy atom. The van der Waals surface area contributed by atoms with E-state index < -0.39 is 0 Å². The lowest BCUT2D eigenvalue weighted by molar-refractivity contribution is 0.101. The fourth-order valence-corrected chi connectivity index (χ4v) is 2.33. The van der Waals surface area contributed by atoms with Gasteiger partial charge < -0.3 is 10.0 Å². The van der Waals surface area contributed by atoms with Gasteiger partial charge in [0.15, 0.2) is 5.78 Å². The maximum atomic E-state index is 11.6. The molecule has 2 rings (SSSR count). The number of carbonyl (C=O) groups excluding carboxylic acids is 1. The highest BCUT2D eigenvalue weighted by atomic mass is 16.3. The van der Waals surface area contributed by atoms with Crippen LogP contribution in [0.1, 0.15) is 36.5 Å². The first kappa shape index (κ1) is 12.1. The van der Waals surface area contributed by atoms with Gasteiger partial charge in [-0.1, -0.05) is 12.1 Å². The van der Waals surface area contributed by atoms with Crippen LogP contribution in [0.2, 0.25) is 0 Å². The van der Waals surface area contributed by atoms with Crippen LogP contribution in [-0.2, 0) is 0 Å². The van der Waals surface area contributed by atoms with E-state index in [9.17, 15) is 4.79 Å². The third-order valence-corrected chi connectivity index (χ3v) is 3.45. The molecule has 1 aromatic rings. The van der Waals surface area contributed by atoms with Crippen molar-refractivity contribution in [2.45, 2.75) is 32.2 Å². The highest BCUT2D eigenvalue weighted by Crippen LogP contribution is 2.31. The summed E-state index contributed by atoms with van der Waals surface area (Å²) in [7, 11) is 0. The first-order valence-electron chi connectivity index (χ1n) is 6.21. The smallest absolute Gasteiger partial charge is 0.161 e. The summed E-state index contributed by atoms with van der Waals surface area (Å²) in [6.45, 7) is 2.33. The van der Waals surface area contributed by atoms with Crippen LogP contribution in [0.25, 0.3) is 0 Å². The van der Waals surface area contributed by atoms with Gasteiger partial charge in [-0.05, 0) is 38.3 Å². The number of anilines is 1. The monoisotopic (exact) mass is 233 g/mol. The van der Waals surface area contributed by atoms with E-state index in [1.165, 1.54) is 6.42 Å². The summed E-state index contributed by atoms with van der Waals surface area (Å²) in [5.74, 6) is 0.0860. The standard InChI is InChI=1S/C14H19NO2/c1-11(17)13-7-2-3-8-14(13)15(9-10-16)12-5-4-6-12/h2-3,7-8,12,16H,4-6,9-10H2,1H3. The molecule has 0 spiro atoms.